The van der Waals surface area contributed by atoms with Crippen LogP contribution in [0.25, 0.3) is 11.0 Å². The minimum atomic E-state index is 0.273. The van der Waals surface area contributed by atoms with Gasteiger partial charge in [-0.2, -0.15) is 10.2 Å². The molecule has 0 radical (unpaired) electrons. The Hall–Kier alpha value is -1.65. The first-order valence-corrected chi connectivity index (χ1v) is 5.45. The van der Waals surface area contributed by atoms with Gasteiger partial charge in [-0.1, -0.05) is 27.7 Å². The van der Waals surface area contributed by atoms with Gasteiger partial charge < -0.3 is 0 Å². The van der Waals surface area contributed by atoms with Gasteiger partial charge in [-0.25, -0.2) is 4.98 Å². The zero-order chi connectivity index (χ0) is 11.7. The van der Waals surface area contributed by atoms with Gasteiger partial charge in [0.1, 0.15) is 17.4 Å². The number of aromatic nitrogens is 5. The van der Waals surface area contributed by atoms with Crippen molar-refractivity contribution >= 4 is 11.0 Å². The van der Waals surface area contributed by atoms with E-state index in [9.17, 15) is 0 Å². The highest BCUT2D eigenvalue weighted by atomic mass is 15.2. The summed E-state index contributed by atoms with van der Waals surface area (Å²) in [7, 11) is 0. The summed E-state index contributed by atoms with van der Waals surface area (Å²) in [5, 5.41) is 16.4. The maximum absolute atomic E-state index is 4.27. The fourth-order valence-electron chi connectivity index (χ4n) is 1.62. The van der Waals surface area contributed by atoms with Gasteiger partial charge in [0, 0.05) is 0 Å². The molecule has 0 bridgehead atoms. The summed E-state index contributed by atoms with van der Waals surface area (Å²) in [6.45, 7) is 8.27. The molecule has 0 spiro atoms. The van der Waals surface area contributed by atoms with Gasteiger partial charge in [0.2, 0.25) is 0 Å². The first kappa shape index (κ1) is 10.9. The molecule has 0 aliphatic rings. The molecule has 5 heteroatoms. The first-order chi connectivity index (χ1) is 7.61. The minimum Gasteiger partial charge on any atom is -0.231 e. The third-order valence-corrected chi connectivity index (χ3v) is 2.46. The van der Waals surface area contributed by atoms with Crippen LogP contribution in [0.1, 0.15) is 50.9 Å². The minimum absolute atomic E-state index is 0.273. The molecule has 84 valence electrons. The van der Waals surface area contributed by atoms with Crippen molar-refractivity contribution in [2.45, 2.75) is 39.5 Å². The zero-order valence-electron chi connectivity index (χ0n) is 9.97. The van der Waals surface area contributed by atoms with Crippen LogP contribution in [0.2, 0.25) is 0 Å². The average molecular weight is 217 g/mol. The normalized spacial score (nSPS) is 11.6. The molecule has 16 heavy (non-hydrogen) atoms. The third-order valence-electron chi connectivity index (χ3n) is 2.46. The summed E-state index contributed by atoms with van der Waals surface area (Å²) in [5.41, 5.74) is 3.34. The molecule has 0 N–H and O–H groups in total. The molecule has 0 aliphatic heterocycles. The highest BCUT2D eigenvalue weighted by Crippen LogP contribution is 2.24. The molecular formula is C11H15N5. The summed E-state index contributed by atoms with van der Waals surface area (Å²) in [5.74, 6) is 0.558. The molecule has 0 aliphatic carbocycles. The average Bonchev–Trinajstić information content (AvgIpc) is 2.27. The highest BCUT2D eigenvalue weighted by Gasteiger charge is 2.16. The van der Waals surface area contributed by atoms with Crippen molar-refractivity contribution in [1.29, 1.82) is 0 Å². The predicted octanol–water partition coefficient (Wildman–Crippen LogP) is 2.06. The van der Waals surface area contributed by atoms with Gasteiger partial charge in [-0.3, -0.25) is 0 Å². The molecule has 2 aromatic heterocycles. The van der Waals surface area contributed by atoms with Crippen LogP contribution in [0.15, 0.2) is 6.33 Å². The van der Waals surface area contributed by atoms with E-state index in [1.807, 2.05) is 0 Å². The van der Waals surface area contributed by atoms with Crippen LogP contribution in [-0.4, -0.2) is 25.4 Å². The van der Waals surface area contributed by atoms with Crippen LogP contribution in [-0.2, 0) is 0 Å². The fourth-order valence-corrected chi connectivity index (χ4v) is 1.62. The van der Waals surface area contributed by atoms with Gasteiger partial charge >= 0.3 is 0 Å². The molecule has 0 saturated heterocycles. The summed E-state index contributed by atoms with van der Waals surface area (Å²) >= 11 is 0. The van der Waals surface area contributed by atoms with Crippen molar-refractivity contribution in [3.8, 4) is 0 Å². The molecule has 2 heterocycles. The van der Waals surface area contributed by atoms with E-state index in [1.54, 1.807) is 0 Å². The van der Waals surface area contributed by atoms with Crippen molar-refractivity contribution in [2.75, 3.05) is 0 Å². The van der Waals surface area contributed by atoms with E-state index in [4.69, 9.17) is 0 Å². The second-order valence-electron chi connectivity index (χ2n) is 4.44. The van der Waals surface area contributed by atoms with Gasteiger partial charge in [0.15, 0.2) is 0 Å². The summed E-state index contributed by atoms with van der Waals surface area (Å²) < 4.78 is 0. The lowest BCUT2D eigenvalue weighted by Crippen LogP contribution is -2.06. The SMILES string of the molecule is CC(C)c1nnc(C(C)C)c2nncnc12. The molecule has 0 atom stereocenters. The quantitative estimate of drug-likeness (QED) is 0.770. The molecule has 5 nitrogen and oxygen atoms in total. The summed E-state index contributed by atoms with van der Waals surface area (Å²) in [6.07, 6.45) is 1.46. The Kier molecular flexibility index (Phi) is 2.77. The number of rotatable bonds is 2. The van der Waals surface area contributed by atoms with Crippen molar-refractivity contribution in [3.63, 3.8) is 0 Å². The van der Waals surface area contributed by atoms with Crippen LogP contribution in [0.5, 0.6) is 0 Å². The molecular weight excluding hydrogens is 202 g/mol. The number of fused-ring (bicyclic) bond motifs is 1. The maximum Gasteiger partial charge on any atom is 0.138 e. The Bertz CT molecular complexity index is 460. The topological polar surface area (TPSA) is 64.5 Å². The van der Waals surface area contributed by atoms with Crippen molar-refractivity contribution in [1.82, 2.24) is 25.4 Å². The third kappa shape index (κ3) is 1.73. The van der Waals surface area contributed by atoms with Gasteiger partial charge in [-0.05, 0) is 11.8 Å². The van der Waals surface area contributed by atoms with E-state index in [1.165, 1.54) is 6.33 Å². The molecule has 0 saturated carbocycles. The van der Waals surface area contributed by atoms with Gasteiger partial charge in [-0.15, -0.1) is 10.2 Å². The Balaban J connectivity index is 2.77. The van der Waals surface area contributed by atoms with Crippen LogP contribution in [0.4, 0.5) is 0 Å². The van der Waals surface area contributed by atoms with E-state index in [-0.39, 0.29) is 11.8 Å². The summed E-state index contributed by atoms with van der Waals surface area (Å²) in [6, 6.07) is 0. The maximum atomic E-state index is 4.27. The van der Waals surface area contributed by atoms with Gasteiger partial charge in [0.25, 0.3) is 0 Å². The lowest BCUT2D eigenvalue weighted by molar-refractivity contribution is 0.739. The Morgan fingerprint density at radius 3 is 1.94 bits per heavy atom. The molecule has 0 aromatic carbocycles. The second-order valence-corrected chi connectivity index (χ2v) is 4.44. The summed E-state index contributed by atoms with van der Waals surface area (Å²) in [4.78, 5) is 4.27. The Morgan fingerprint density at radius 2 is 1.38 bits per heavy atom. The molecule has 2 aromatic rings. The van der Waals surface area contributed by atoms with Crippen LogP contribution in [0, 0.1) is 0 Å². The first-order valence-electron chi connectivity index (χ1n) is 5.45. The van der Waals surface area contributed by atoms with E-state index in [0.717, 1.165) is 22.4 Å². The largest absolute Gasteiger partial charge is 0.231 e. The van der Waals surface area contributed by atoms with Crippen molar-refractivity contribution < 1.29 is 0 Å². The standard InChI is InChI=1S/C11H15N5/c1-6(2)8-10-11(14-13-5-12-10)9(7(3)4)16-15-8/h5-7H,1-4H3. The fraction of sp³-hybridized carbons (Fsp3) is 0.545. The van der Waals surface area contributed by atoms with Crippen LogP contribution < -0.4 is 0 Å². The molecule has 0 fully saturated rings. The molecule has 0 amide bonds. The smallest absolute Gasteiger partial charge is 0.138 e. The van der Waals surface area contributed by atoms with E-state index >= 15 is 0 Å². The molecule has 0 unspecified atom stereocenters. The zero-order valence-corrected chi connectivity index (χ0v) is 9.97. The van der Waals surface area contributed by atoms with Crippen molar-refractivity contribution in [3.05, 3.63) is 17.7 Å². The van der Waals surface area contributed by atoms with Crippen LogP contribution in [0.3, 0.4) is 0 Å². The van der Waals surface area contributed by atoms with E-state index < -0.39 is 0 Å². The van der Waals surface area contributed by atoms with Gasteiger partial charge in [0.05, 0.1) is 11.4 Å². The number of hydrogen-bond donors (Lipinski definition) is 0. The lowest BCUT2D eigenvalue weighted by Gasteiger charge is -2.10. The lowest BCUT2D eigenvalue weighted by atomic mass is 10.0. The van der Waals surface area contributed by atoms with E-state index in [2.05, 4.69) is 53.1 Å². The van der Waals surface area contributed by atoms with Crippen molar-refractivity contribution in [2.24, 2.45) is 0 Å². The number of hydrogen-bond acceptors (Lipinski definition) is 5. The second kappa shape index (κ2) is 4.08. The highest BCUT2D eigenvalue weighted by molar-refractivity contribution is 5.78. The molecule has 2 rings (SSSR count). The Labute approximate surface area is 94.3 Å². The van der Waals surface area contributed by atoms with E-state index in [0.29, 0.717) is 0 Å². The van der Waals surface area contributed by atoms with Crippen LogP contribution >= 0.6 is 0 Å². The number of nitrogens with zero attached hydrogens (tertiary/aromatic N) is 5. The Morgan fingerprint density at radius 1 is 0.812 bits per heavy atom. The monoisotopic (exact) mass is 217 g/mol. The predicted molar refractivity (Wildman–Crippen MR) is 61.1 cm³/mol.